The number of amides is 1. The number of nitrogens with one attached hydrogen (secondary N) is 2. The molecule has 0 fully saturated rings. The van der Waals surface area contributed by atoms with E-state index in [1.165, 1.54) is 0 Å². The van der Waals surface area contributed by atoms with Crippen molar-refractivity contribution < 1.29 is 22.4 Å². The summed E-state index contributed by atoms with van der Waals surface area (Å²) < 4.78 is 38.1. The first-order valence-electron chi connectivity index (χ1n) is 10.6. The molecule has 0 radical (unpaired) electrons. The van der Waals surface area contributed by atoms with Gasteiger partial charge in [-0.3, -0.25) is 9.52 Å². The summed E-state index contributed by atoms with van der Waals surface area (Å²) in [7, 11) is -3.38. The molecule has 1 heterocycles. The molecule has 1 amide bonds. The van der Waals surface area contributed by atoms with Gasteiger partial charge < -0.3 is 14.5 Å². The number of rotatable bonds is 9. The Morgan fingerprint density at radius 2 is 1.58 bits per heavy atom. The molecule has 0 aliphatic heterocycles. The lowest BCUT2D eigenvalue weighted by molar-refractivity contribution is 0.0995. The van der Waals surface area contributed by atoms with E-state index in [0.29, 0.717) is 34.7 Å². The quantitative estimate of drug-likeness (QED) is 0.345. The molecular weight excluding hydrogens is 440 g/mol. The van der Waals surface area contributed by atoms with Gasteiger partial charge in [-0.2, -0.15) is 0 Å². The Kier molecular flexibility index (Phi) is 6.65. The van der Waals surface area contributed by atoms with Gasteiger partial charge in [0.05, 0.1) is 5.75 Å². The molecule has 8 heteroatoms. The highest BCUT2D eigenvalue weighted by Gasteiger charge is 2.21. The Balaban J connectivity index is 1.53. The van der Waals surface area contributed by atoms with E-state index >= 15 is 0 Å². The average Bonchev–Trinajstić information content (AvgIpc) is 3.18. The van der Waals surface area contributed by atoms with Crippen molar-refractivity contribution in [1.29, 1.82) is 0 Å². The molecule has 33 heavy (non-hydrogen) atoms. The van der Waals surface area contributed by atoms with Gasteiger partial charge >= 0.3 is 0 Å². The van der Waals surface area contributed by atoms with Crippen LogP contribution >= 0.6 is 0 Å². The summed E-state index contributed by atoms with van der Waals surface area (Å²) in [5, 5.41) is 3.61. The largest absolute Gasteiger partial charge is 0.489 e. The van der Waals surface area contributed by atoms with Crippen LogP contribution in [0.3, 0.4) is 0 Å². The summed E-state index contributed by atoms with van der Waals surface area (Å²) in [6, 6.07) is 23.2. The number of hydrogen-bond donors (Lipinski definition) is 2. The first kappa shape index (κ1) is 22.4. The van der Waals surface area contributed by atoms with E-state index in [0.717, 1.165) is 5.39 Å². The molecular formula is C25H24N2O5S. The fourth-order valence-electron chi connectivity index (χ4n) is 3.41. The van der Waals surface area contributed by atoms with Crippen LogP contribution in [0.2, 0.25) is 0 Å². The molecule has 0 saturated carbocycles. The second kappa shape index (κ2) is 9.79. The van der Waals surface area contributed by atoms with Crippen molar-refractivity contribution in [2.75, 3.05) is 15.8 Å². The van der Waals surface area contributed by atoms with Crippen LogP contribution in [-0.2, 0) is 16.6 Å². The molecule has 7 nitrogen and oxygen atoms in total. The number of carbonyl (C=O) groups excluding carboxylic acids is 1. The van der Waals surface area contributed by atoms with Gasteiger partial charge in [-0.25, -0.2) is 8.42 Å². The predicted octanol–water partition coefficient (Wildman–Crippen LogP) is 5.42. The summed E-state index contributed by atoms with van der Waals surface area (Å²) in [5.74, 6) is 0.484. The summed E-state index contributed by atoms with van der Waals surface area (Å²) in [6.07, 6.45) is 0.525. The summed E-state index contributed by atoms with van der Waals surface area (Å²) in [4.78, 5) is 13.0. The van der Waals surface area contributed by atoms with Gasteiger partial charge in [0.2, 0.25) is 10.0 Å². The van der Waals surface area contributed by atoms with E-state index in [2.05, 4.69) is 10.0 Å². The minimum absolute atomic E-state index is 0.0470. The average molecular weight is 465 g/mol. The monoisotopic (exact) mass is 464 g/mol. The maximum Gasteiger partial charge on any atom is 0.291 e. The molecule has 0 spiro atoms. The minimum Gasteiger partial charge on any atom is -0.489 e. The second-order valence-corrected chi connectivity index (χ2v) is 9.30. The summed E-state index contributed by atoms with van der Waals surface area (Å²) >= 11 is 0. The maximum atomic E-state index is 13.0. The Bertz CT molecular complexity index is 1350. The van der Waals surface area contributed by atoms with E-state index in [4.69, 9.17) is 9.15 Å². The Labute approximate surface area is 192 Å². The van der Waals surface area contributed by atoms with Crippen LogP contribution < -0.4 is 14.8 Å². The summed E-state index contributed by atoms with van der Waals surface area (Å²) in [5.41, 5.74) is 2.18. The lowest BCUT2D eigenvalue weighted by Gasteiger charge is -2.09. The van der Waals surface area contributed by atoms with Gasteiger partial charge in [0, 0.05) is 22.3 Å². The number of carbonyl (C=O) groups is 1. The minimum atomic E-state index is -3.38. The maximum absolute atomic E-state index is 13.0. The number of ether oxygens (including phenoxy) is 1. The first-order chi connectivity index (χ1) is 15.9. The van der Waals surface area contributed by atoms with Crippen molar-refractivity contribution in [2.24, 2.45) is 0 Å². The highest BCUT2D eigenvalue weighted by molar-refractivity contribution is 7.92. The normalized spacial score (nSPS) is 11.3. The molecule has 4 aromatic rings. The van der Waals surface area contributed by atoms with E-state index in [1.807, 2.05) is 48.5 Å². The Morgan fingerprint density at radius 1 is 0.909 bits per heavy atom. The number of anilines is 2. The number of sulfonamides is 1. The fourth-order valence-corrected chi connectivity index (χ4v) is 4.54. The third-order valence-corrected chi connectivity index (χ3v) is 6.41. The van der Waals surface area contributed by atoms with Crippen molar-refractivity contribution in [1.82, 2.24) is 0 Å². The van der Waals surface area contributed by atoms with Crippen molar-refractivity contribution in [3.8, 4) is 5.75 Å². The zero-order valence-corrected chi connectivity index (χ0v) is 18.9. The number of furan rings is 1. The number of hydrogen-bond acceptors (Lipinski definition) is 5. The topological polar surface area (TPSA) is 97.6 Å². The molecule has 0 aliphatic rings. The van der Waals surface area contributed by atoms with Gasteiger partial charge in [0.25, 0.3) is 5.91 Å². The van der Waals surface area contributed by atoms with Crippen LogP contribution in [0.1, 0.15) is 29.5 Å². The zero-order chi connectivity index (χ0) is 23.3. The van der Waals surface area contributed by atoms with Gasteiger partial charge in [-0.1, -0.05) is 43.3 Å². The lowest BCUT2D eigenvalue weighted by Crippen LogP contribution is -2.16. The van der Waals surface area contributed by atoms with Crippen LogP contribution in [0, 0.1) is 0 Å². The van der Waals surface area contributed by atoms with Crippen LogP contribution in [0.15, 0.2) is 83.3 Å². The van der Waals surface area contributed by atoms with E-state index in [-0.39, 0.29) is 18.1 Å². The summed E-state index contributed by atoms with van der Waals surface area (Å²) in [6.45, 7) is 1.97. The van der Waals surface area contributed by atoms with Crippen molar-refractivity contribution >= 4 is 38.3 Å². The number of fused-ring (bicyclic) bond motifs is 1. The molecule has 1 aromatic heterocycles. The number of para-hydroxylation sites is 2. The lowest BCUT2D eigenvalue weighted by atomic mass is 10.1. The zero-order valence-electron chi connectivity index (χ0n) is 18.1. The van der Waals surface area contributed by atoms with E-state index in [9.17, 15) is 13.2 Å². The smallest absolute Gasteiger partial charge is 0.291 e. The van der Waals surface area contributed by atoms with Crippen molar-refractivity contribution in [3.63, 3.8) is 0 Å². The van der Waals surface area contributed by atoms with Crippen molar-refractivity contribution in [3.05, 3.63) is 90.2 Å². The standard InChI is InChI=1S/C25H24N2O5S/c1-2-16-33(29,30)27-19-14-12-18(13-15-19)26-25(28)24-22(17-31-20-8-4-3-5-9-20)21-10-6-7-11-23(21)32-24/h3-15,27H,2,16-17H2,1H3,(H,26,28). The first-order valence-corrected chi connectivity index (χ1v) is 12.2. The highest BCUT2D eigenvalue weighted by atomic mass is 32.2. The van der Waals surface area contributed by atoms with E-state index in [1.54, 1.807) is 37.3 Å². The van der Waals surface area contributed by atoms with Crippen LogP contribution in [0.25, 0.3) is 11.0 Å². The van der Waals surface area contributed by atoms with E-state index < -0.39 is 15.9 Å². The predicted molar refractivity (Wildman–Crippen MR) is 129 cm³/mol. The second-order valence-electron chi connectivity index (χ2n) is 7.46. The van der Waals surface area contributed by atoms with Crippen molar-refractivity contribution in [2.45, 2.75) is 20.0 Å². The molecule has 3 aromatic carbocycles. The molecule has 0 unspecified atom stereocenters. The third kappa shape index (κ3) is 5.53. The molecule has 2 N–H and O–H groups in total. The third-order valence-electron chi connectivity index (χ3n) is 4.92. The molecule has 4 rings (SSSR count). The van der Waals surface area contributed by atoms with Gasteiger partial charge in [-0.05, 0) is 48.9 Å². The molecule has 0 bridgehead atoms. The molecule has 170 valence electrons. The SMILES string of the molecule is CCCS(=O)(=O)Nc1ccc(NC(=O)c2oc3ccccc3c2COc2ccccc2)cc1. The molecule has 0 saturated heterocycles. The molecule has 0 atom stereocenters. The fraction of sp³-hybridized carbons (Fsp3) is 0.160. The Morgan fingerprint density at radius 3 is 2.30 bits per heavy atom. The van der Waals surface area contributed by atoms with Gasteiger partial charge in [0.1, 0.15) is 17.9 Å². The van der Waals surface area contributed by atoms with Gasteiger partial charge in [0.15, 0.2) is 5.76 Å². The molecule has 0 aliphatic carbocycles. The van der Waals surface area contributed by atoms with Crippen LogP contribution in [-0.4, -0.2) is 20.1 Å². The Hall–Kier alpha value is -3.78. The van der Waals surface area contributed by atoms with Crippen LogP contribution in [0.4, 0.5) is 11.4 Å². The highest BCUT2D eigenvalue weighted by Crippen LogP contribution is 2.28. The van der Waals surface area contributed by atoms with Crippen LogP contribution in [0.5, 0.6) is 5.75 Å². The van der Waals surface area contributed by atoms with Gasteiger partial charge in [-0.15, -0.1) is 0 Å². The number of benzene rings is 3.